The van der Waals surface area contributed by atoms with Gasteiger partial charge in [-0.2, -0.15) is 0 Å². The molecule has 3 heterocycles. The maximum Gasteiger partial charge on any atom is 0.227 e. The number of pyridine rings is 1. The fourth-order valence-corrected chi connectivity index (χ4v) is 7.54. The number of hydrogen-bond acceptors (Lipinski definition) is 3. The van der Waals surface area contributed by atoms with Gasteiger partial charge in [0.2, 0.25) is 5.71 Å². The number of rotatable bonds is 6. The number of para-hydroxylation sites is 4. The molecular weight excluding hydrogens is 623 g/mol. The largest absolute Gasteiger partial charge is 0.435 e. The van der Waals surface area contributed by atoms with E-state index in [4.69, 9.17) is 4.42 Å². The summed E-state index contributed by atoms with van der Waals surface area (Å²) in [5.74, 6) is 0. The van der Waals surface area contributed by atoms with Gasteiger partial charge in [-0.25, -0.2) is 4.98 Å². The molecule has 0 saturated carbocycles. The van der Waals surface area contributed by atoms with Gasteiger partial charge >= 0.3 is 0 Å². The van der Waals surface area contributed by atoms with Crippen molar-refractivity contribution in [3.05, 3.63) is 188 Å². The smallest absolute Gasteiger partial charge is 0.227 e. The zero-order chi connectivity index (χ0) is 33.7. The summed E-state index contributed by atoms with van der Waals surface area (Å²) < 4.78 is 8.86. The van der Waals surface area contributed by atoms with Crippen LogP contribution in [0.2, 0.25) is 0 Å². The van der Waals surface area contributed by atoms with E-state index in [9.17, 15) is 0 Å². The Kier molecular flexibility index (Phi) is 6.78. The van der Waals surface area contributed by atoms with Crippen LogP contribution in [-0.2, 0) is 0 Å². The second-order valence-electron chi connectivity index (χ2n) is 12.8. The van der Waals surface area contributed by atoms with Crippen LogP contribution in [0.3, 0.4) is 0 Å². The van der Waals surface area contributed by atoms with E-state index in [-0.39, 0.29) is 0 Å². The number of furan rings is 1. The third-order valence-corrected chi connectivity index (χ3v) is 9.89. The third-order valence-electron chi connectivity index (χ3n) is 9.89. The monoisotopic (exact) mass is 653 g/mol. The number of benzene rings is 7. The molecule has 0 saturated heterocycles. The van der Waals surface area contributed by atoms with Gasteiger partial charge in [0.05, 0.1) is 22.4 Å². The van der Waals surface area contributed by atoms with E-state index >= 15 is 0 Å². The van der Waals surface area contributed by atoms with Gasteiger partial charge in [0, 0.05) is 44.7 Å². The fraction of sp³-hybridized carbons (Fsp3) is 0. The average Bonchev–Trinajstić information content (AvgIpc) is 3.75. The molecule has 51 heavy (non-hydrogen) atoms. The fourth-order valence-electron chi connectivity index (χ4n) is 7.54. The summed E-state index contributed by atoms with van der Waals surface area (Å²) >= 11 is 0. The van der Waals surface area contributed by atoms with Crippen LogP contribution >= 0.6 is 0 Å². The average molecular weight is 654 g/mol. The van der Waals surface area contributed by atoms with E-state index in [0.717, 1.165) is 44.7 Å². The van der Waals surface area contributed by atoms with Crippen LogP contribution in [0.25, 0.3) is 71.8 Å². The van der Waals surface area contributed by atoms with Gasteiger partial charge in [-0.1, -0.05) is 121 Å². The number of anilines is 3. The molecule has 0 atom stereocenters. The highest BCUT2D eigenvalue weighted by Gasteiger charge is 2.21. The van der Waals surface area contributed by atoms with Gasteiger partial charge in [-0.15, -0.1) is 0 Å². The molecule has 0 radical (unpaired) electrons. The maximum absolute atomic E-state index is 6.47. The molecule has 7 aromatic carbocycles. The molecule has 0 spiro atoms. The van der Waals surface area contributed by atoms with Crippen molar-refractivity contribution in [2.75, 3.05) is 4.90 Å². The Hall–Kier alpha value is -6.91. The minimum atomic E-state index is 0.636. The van der Waals surface area contributed by atoms with Crippen LogP contribution in [0.15, 0.2) is 193 Å². The van der Waals surface area contributed by atoms with Crippen LogP contribution < -0.4 is 4.90 Å². The van der Waals surface area contributed by atoms with E-state index in [0.29, 0.717) is 5.71 Å². The molecule has 240 valence electrons. The first kappa shape index (κ1) is 29.0. The standard InChI is InChI=1S/C47H31N3O/c1-2-12-32(13-3-1)33-23-27-35(28-24-33)49(45-22-10-17-40-41-18-11-31-48-47(41)51-46(40)45)36-29-25-34(26-30-36)37-14-4-7-19-42(37)50-43-20-8-5-15-38(43)39-16-6-9-21-44(39)50/h1-31H. The van der Waals surface area contributed by atoms with Crippen molar-refractivity contribution >= 4 is 60.9 Å². The van der Waals surface area contributed by atoms with Gasteiger partial charge in [0.15, 0.2) is 5.58 Å². The molecule has 10 rings (SSSR count). The first-order valence-corrected chi connectivity index (χ1v) is 17.2. The minimum absolute atomic E-state index is 0.636. The summed E-state index contributed by atoms with van der Waals surface area (Å²) in [7, 11) is 0. The van der Waals surface area contributed by atoms with Crippen LogP contribution in [0.5, 0.6) is 0 Å². The van der Waals surface area contributed by atoms with E-state index in [2.05, 4.69) is 184 Å². The van der Waals surface area contributed by atoms with E-state index in [1.165, 1.54) is 38.5 Å². The highest BCUT2D eigenvalue weighted by molar-refractivity contribution is 6.10. The first-order valence-electron chi connectivity index (χ1n) is 17.2. The molecule has 4 heteroatoms. The molecule has 0 fully saturated rings. The molecular formula is C47H31N3O. The predicted molar refractivity (Wildman–Crippen MR) is 211 cm³/mol. The number of fused-ring (bicyclic) bond motifs is 6. The van der Waals surface area contributed by atoms with Crippen LogP contribution in [0.1, 0.15) is 0 Å². The van der Waals surface area contributed by atoms with E-state index in [1.807, 2.05) is 12.1 Å². The Bertz CT molecular complexity index is 2800. The summed E-state index contributed by atoms with van der Waals surface area (Å²) in [4.78, 5) is 6.81. The summed E-state index contributed by atoms with van der Waals surface area (Å²) in [5, 5.41) is 4.55. The van der Waals surface area contributed by atoms with Crippen LogP contribution in [-0.4, -0.2) is 9.55 Å². The molecule has 0 unspecified atom stereocenters. The molecule has 0 amide bonds. The Morgan fingerprint density at radius 1 is 0.431 bits per heavy atom. The van der Waals surface area contributed by atoms with Crippen molar-refractivity contribution < 1.29 is 4.42 Å². The first-order chi connectivity index (χ1) is 25.3. The Labute approximate surface area is 295 Å². The topological polar surface area (TPSA) is 34.2 Å². The van der Waals surface area contributed by atoms with Crippen LogP contribution in [0.4, 0.5) is 17.1 Å². The SMILES string of the molecule is c1ccc(-c2ccc(N(c3ccc(-c4ccccc4-n4c5ccccc5c5ccccc54)cc3)c3cccc4c3oc3ncccc34)cc2)cc1. The lowest BCUT2D eigenvalue weighted by molar-refractivity contribution is 0.654. The van der Waals surface area contributed by atoms with Gasteiger partial charge in [-0.05, 0) is 77.4 Å². The molecule has 0 aliphatic heterocycles. The van der Waals surface area contributed by atoms with Crippen molar-refractivity contribution in [1.29, 1.82) is 0 Å². The Balaban J connectivity index is 1.12. The van der Waals surface area contributed by atoms with Crippen molar-refractivity contribution in [2.24, 2.45) is 0 Å². The maximum atomic E-state index is 6.47. The van der Waals surface area contributed by atoms with Crippen LogP contribution in [0, 0.1) is 0 Å². The van der Waals surface area contributed by atoms with Crippen molar-refractivity contribution in [3.8, 4) is 27.9 Å². The minimum Gasteiger partial charge on any atom is -0.435 e. The lowest BCUT2D eigenvalue weighted by Crippen LogP contribution is -2.10. The number of hydrogen-bond donors (Lipinski definition) is 0. The van der Waals surface area contributed by atoms with E-state index in [1.54, 1.807) is 6.20 Å². The normalized spacial score (nSPS) is 11.5. The van der Waals surface area contributed by atoms with Gasteiger partial charge in [0.1, 0.15) is 0 Å². The lowest BCUT2D eigenvalue weighted by atomic mass is 10.0. The van der Waals surface area contributed by atoms with Crippen molar-refractivity contribution in [3.63, 3.8) is 0 Å². The Morgan fingerprint density at radius 2 is 1.00 bits per heavy atom. The summed E-state index contributed by atoms with van der Waals surface area (Å²) in [6.45, 7) is 0. The number of nitrogens with zero attached hydrogens (tertiary/aromatic N) is 3. The molecule has 0 aliphatic rings. The van der Waals surface area contributed by atoms with Gasteiger partial charge in [0.25, 0.3) is 0 Å². The summed E-state index contributed by atoms with van der Waals surface area (Å²) in [6.07, 6.45) is 1.78. The van der Waals surface area contributed by atoms with Crippen molar-refractivity contribution in [1.82, 2.24) is 9.55 Å². The van der Waals surface area contributed by atoms with Gasteiger partial charge in [-0.3, -0.25) is 0 Å². The highest BCUT2D eigenvalue weighted by Crippen LogP contribution is 2.43. The van der Waals surface area contributed by atoms with E-state index < -0.39 is 0 Å². The molecule has 4 nitrogen and oxygen atoms in total. The summed E-state index contributed by atoms with van der Waals surface area (Å²) in [6, 6.07) is 64.5. The van der Waals surface area contributed by atoms with Gasteiger partial charge < -0.3 is 13.9 Å². The second-order valence-corrected chi connectivity index (χ2v) is 12.8. The molecule has 10 aromatic rings. The third kappa shape index (κ3) is 4.80. The molecule has 0 N–H and O–H groups in total. The zero-order valence-corrected chi connectivity index (χ0v) is 27.6. The number of aromatic nitrogens is 2. The lowest BCUT2D eigenvalue weighted by Gasteiger charge is -2.26. The second kappa shape index (κ2) is 11.9. The Morgan fingerprint density at radius 3 is 1.73 bits per heavy atom. The summed E-state index contributed by atoms with van der Waals surface area (Å²) in [5.41, 5.74) is 12.7. The quantitative estimate of drug-likeness (QED) is 0.179. The van der Waals surface area contributed by atoms with Crippen molar-refractivity contribution in [2.45, 2.75) is 0 Å². The predicted octanol–water partition coefficient (Wildman–Crippen LogP) is 12.9. The molecule has 3 aromatic heterocycles. The highest BCUT2D eigenvalue weighted by atomic mass is 16.3. The molecule has 0 aliphatic carbocycles. The molecule has 0 bridgehead atoms. The zero-order valence-electron chi connectivity index (χ0n) is 27.6.